The van der Waals surface area contributed by atoms with Gasteiger partial charge in [-0.15, -0.1) is 0 Å². The molecule has 0 bridgehead atoms. The first-order chi connectivity index (χ1) is 7.77. The monoisotopic (exact) mass is 215 g/mol. The molecule has 1 heterocycles. The molecule has 80 valence electrons. The van der Waals surface area contributed by atoms with E-state index < -0.39 is 11.3 Å². The molecule has 2 rings (SSSR count). The molecule has 0 saturated heterocycles. The zero-order valence-electron chi connectivity index (χ0n) is 8.29. The van der Waals surface area contributed by atoms with Crippen LogP contribution in [0.5, 0.6) is 5.75 Å². The van der Waals surface area contributed by atoms with Gasteiger partial charge in [-0.05, 0) is 12.1 Å². The average Bonchev–Trinajstić information content (AvgIpc) is 2.32. The van der Waals surface area contributed by atoms with Crippen molar-refractivity contribution in [2.45, 2.75) is 0 Å². The van der Waals surface area contributed by atoms with Crippen molar-refractivity contribution in [3.05, 3.63) is 52.7 Å². The predicted octanol–water partition coefficient (Wildman–Crippen LogP) is 1.23. The second kappa shape index (κ2) is 4.39. The second-order valence-electron chi connectivity index (χ2n) is 3.06. The molecule has 1 aromatic carbocycles. The molecule has 5 nitrogen and oxygen atoms in total. The van der Waals surface area contributed by atoms with E-state index in [9.17, 15) is 9.90 Å². The Morgan fingerprint density at radius 3 is 2.81 bits per heavy atom. The van der Waals surface area contributed by atoms with Gasteiger partial charge in [-0.25, -0.2) is 4.98 Å². The van der Waals surface area contributed by atoms with Crippen molar-refractivity contribution in [1.82, 2.24) is 9.97 Å². The van der Waals surface area contributed by atoms with Crippen LogP contribution in [0, 0.1) is 0 Å². The van der Waals surface area contributed by atoms with E-state index in [1.54, 1.807) is 12.1 Å². The molecular formula is C11H9N3O2. The Morgan fingerprint density at radius 1 is 1.31 bits per heavy atom. The Kier molecular flexibility index (Phi) is 2.77. The summed E-state index contributed by atoms with van der Waals surface area (Å²) >= 11 is 0. The van der Waals surface area contributed by atoms with Gasteiger partial charge in [0, 0.05) is 0 Å². The topological polar surface area (TPSA) is 78.3 Å². The van der Waals surface area contributed by atoms with Crippen molar-refractivity contribution < 1.29 is 5.11 Å². The lowest BCUT2D eigenvalue weighted by atomic mass is 10.3. The number of benzene rings is 1. The largest absolute Gasteiger partial charge is 0.501 e. The summed E-state index contributed by atoms with van der Waals surface area (Å²) in [6, 6.07) is 9.18. The lowest BCUT2D eigenvalue weighted by molar-refractivity contribution is 0.462. The van der Waals surface area contributed by atoms with Crippen LogP contribution in [-0.2, 0) is 0 Å². The number of H-pyrrole nitrogens is 1. The summed E-state index contributed by atoms with van der Waals surface area (Å²) in [6.45, 7) is 0. The van der Waals surface area contributed by atoms with E-state index >= 15 is 0 Å². The molecule has 2 aromatic rings. The summed E-state index contributed by atoms with van der Waals surface area (Å²) in [4.78, 5) is 21.2. The van der Waals surface area contributed by atoms with E-state index in [1.807, 2.05) is 18.2 Å². The Hall–Kier alpha value is -2.43. The van der Waals surface area contributed by atoms with Crippen LogP contribution in [0.3, 0.4) is 0 Å². The molecular weight excluding hydrogens is 206 g/mol. The molecule has 0 spiro atoms. The third kappa shape index (κ3) is 2.14. The molecule has 2 N–H and O–H groups in total. The first-order valence-electron chi connectivity index (χ1n) is 4.63. The van der Waals surface area contributed by atoms with Gasteiger partial charge in [0.2, 0.25) is 5.75 Å². The number of aromatic amines is 1. The second-order valence-corrected chi connectivity index (χ2v) is 3.06. The quantitative estimate of drug-likeness (QED) is 0.739. The third-order valence-electron chi connectivity index (χ3n) is 1.95. The fourth-order valence-electron chi connectivity index (χ4n) is 1.15. The van der Waals surface area contributed by atoms with Crippen molar-refractivity contribution in [2.24, 2.45) is 4.99 Å². The SMILES string of the molecule is O=c1[nH]cnc(C=Nc2ccccc2)c1O. The number of aromatic hydroxyl groups is 1. The predicted molar refractivity (Wildman–Crippen MR) is 60.2 cm³/mol. The molecule has 0 amide bonds. The van der Waals surface area contributed by atoms with Gasteiger partial charge < -0.3 is 10.1 Å². The van der Waals surface area contributed by atoms with E-state index in [0.29, 0.717) is 0 Å². The molecule has 0 fully saturated rings. The van der Waals surface area contributed by atoms with Crippen molar-refractivity contribution in [2.75, 3.05) is 0 Å². The lowest BCUT2D eigenvalue weighted by Crippen LogP contribution is -2.08. The van der Waals surface area contributed by atoms with Gasteiger partial charge in [0.05, 0.1) is 18.2 Å². The minimum absolute atomic E-state index is 0.146. The lowest BCUT2D eigenvalue weighted by Gasteiger charge is -1.95. The highest BCUT2D eigenvalue weighted by Crippen LogP contribution is 2.10. The van der Waals surface area contributed by atoms with Crippen molar-refractivity contribution in [3.63, 3.8) is 0 Å². The van der Waals surface area contributed by atoms with E-state index in [1.165, 1.54) is 12.5 Å². The van der Waals surface area contributed by atoms with Crippen LogP contribution in [0.1, 0.15) is 5.69 Å². The zero-order valence-corrected chi connectivity index (χ0v) is 8.29. The molecule has 0 atom stereocenters. The highest BCUT2D eigenvalue weighted by molar-refractivity contribution is 5.82. The van der Waals surface area contributed by atoms with Gasteiger partial charge in [0.1, 0.15) is 5.69 Å². The Morgan fingerprint density at radius 2 is 2.06 bits per heavy atom. The zero-order chi connectivity index (χ0) is 11.4. The number of aromatic nitrogens is 2. The van der Waals surface area contributed by atoms with Crippen LogP contribution < -0.4 is 5.56 Å². The highest BCUT2D eigenvalue weighted by Gasteiger charge is 2.02. The average molecular weight is 215 g/mol. The molecule has 0 saturated carbocycles. The standard InChI is InChI=1S/C11H9N3O2/c15-10-9(13-7-14-11(10)16)6-12-8-4-2-1-3-5-8/h1-7,15H,(H,13,14,16). The number of para-hydroxylation sites is 1. The number of rotatable bonds is 2. The van der Waals surface area contributed by atoms with Gasteiger partial charge in [-0.1, -0.05) is 18.2 Å². The summed E-state index contributed by atoms with van der Waals surface area (Å²) in [5.74, 6) is -0.429. The number of hydrogen-bond acceptors (Lipinski definition) is 4. The summed E-state index contributed by atoms with van der Waals surface area (Å²) in [6.07, 6.45) is 2.56. The van der Waals surface area contributed by atoms with E-state index in [0.717, 1.165) is 5.69 Å². The van der Waals surface area contributed by atoms with Crippen molar-refractivity contribution >= 4 is 11.9 Å². The van der Waals surface area contributed by atoms with Crippen LogP contribution >= 0.6 is 0 Å². The van der Waals surface area contributed by atoms with Crippen molar-refractivity contribution in [3.8, 4) is 5.75 Å². The molecule has 5 heteroatoms. The van der Waals surface area contributed by atoms with Gasteiger partial charge in [-0.3, -0.25) is 9.79 Å². The number of aliphatic imine (C=N–C) groups is 1. The molecule has 0 aliphatic carbocycles. The Bertz CT molecular complexity index is 561. The molecule has 0 aliphatic heterocycles. The fraction of sp³-hybridized carbons (Fsp3) is 0. The smallest absolute Gasteiger partial charge is 0.293 e. The summed E-state index contributed by atoms with van der Waals surface area (Å²) in [7, 11) is 0. The maximum Gasteiger partial charge on any atom is 0.293 e. The summed E-state index contributed by atoms with van der Waals surface area (Å²) < 4.78 is 0. The maximum absolute atomic E-state index is 11.0. The molecule has 16 heavy (non-hydrogen) atoms. The van der Waals surface area contributed by atoms with Gasteiger partial charge in [-0.2, -0.15) is 0 Å². The van der Waals surface area contributed by atoms with Crippen LogP contribution in [0.25, 0.3) is 0 Å². The maximum atomic E-state index is 11.0. The minimum Gasteiger partial charge on any atom is -0.501 e. The third-order valence-corrected chi connectivity index (χ3v) is 1.95. The van der Waals surface area contributed by atoms with Crippen LogP contribution in [0.2, 0.25) is 0 Å². The Labute approximate surface area is 91.1 Å². The first kappa shape index (κ1) is 10.1. The minimum atomic E-state index is -0.579. The molecule has 0 unspecified atom stereocenters. The number of nitrogens with zero attached hydrogens (tertiary/aromatic N) is 2. The van der Waals surface area contributed by atoms with Gasteiger partial charge in [0.15, 0.2) is 0 Å². The fourth-order valence-corrected chi connectivity index (χ4v) is 1.15. The Balaban J connectivity index is 2.31. The summed E-state index contributed by atoms with van der Waals surface area (Å²) in [5, 5.41) is 9.38. The van der Waals surface area contributed by atoms with Gasteiger partial charge in [0.25, 0.3) is 5.56 Å². The van der Waals surface area contributed by atoms with Crippen LogP contribution in [-0.4, -0.2) is 21.3 Å². The molecule has 1 aromatic heterocycles. The number of hydrogen-bond donors (Lipinski definition) is 2. The van der Waals surface area contributed by atoms with Crippen LogP contribution in [0.15, 0.2) is 46.4 Å². The van der Waals surface area contributed by atoms with Crippen molar-refractivity contribution in [1.29, 1.82) is 0 Å². The first-order valence-corrected chi connectivity index (χ1v) is 4.63. The van der Waals surface area contributed by atoms with Crippen LogP contribution in [0.4, 0.5) is 5.69 Å². The van der Waals surface area contributed by atoms with E-state index in [4.69, 9.17) is 0 Å². The van der Waals surface area contributed by atoms with Gasteiger partial charge >= 0.3 is 0 Å². The summed E-state index contributed by atoms with van der Waals surface area (Å²) in [5.41, 5.74) is 0.293. The number of nitrogens with one attached hydrogen (secondary N) is 1. The normalized spacial score (nSPS) is 10.8. The van der Waals surface area contributed by atoms with E-state index in [-0.39, 0.29) is 5.69 Å². The van der Waals surface area contributed by atoms with E-state index in [2.05, 4.69) is 15.0 Å². The molecule has 0 radical (unpaired) electrons. The highest BCUT2D eigenvalue weighted by atomic mass is 16.3. The molecule has 0 aliphatic rings.